The molecule has 1 aromatic carbocycles. The molecular weight excluding hydrogens is 242 g/mol. The minimum atomic E-state index is -0.773. The molecule has 1 unspecified atom stereocenters. The monoisotopic (exact) mass is 259 g/mol. The Morgan fingerprint density at radius 3 is 2.82 bits per heavy atom. The van der Waals surface area contributed by atoms with Gasteiger partial charge in [0.15, 0.2) is 0 Å². The quantitative estimate of drug-likeness (QED) is 0.700. The molecule has 17 heavy (non-hydrogen) atoms. The van der Waals surface area contributed by atoms with Crippen LogP contribution in [0.15, 0.2) is 18.2 Å². The first kappa shape index (κ1) is 14.1. The van der Waals surface area contributed by atoms with Crippen LogP contribution in [0.25, 0.3) is 0 Å². The number of benzene rings is 1. The van der Waals surface area contributed by atoms with Crippen molar-refractivity contribution in [2.75, 3.05) is 25.1 Å². The third kappa shape index (κ3) is 4.81. The molecule has 1 rings (SSSR count). The molecule has 3 N–H and O–H groups in total. The molecule has 1 atom stereocenters. The molecule has 0 aromatic heterocycles. The van der Waals surface area contributed by atoms with Crippen molar-refractivity contribution in [2.24, 2.45) is 0 Å². The van der Waals surface area contributed by atoms with E-state index in [2.05, 4.69) is 5.32 Å². The van der Waals surface area contributed by atoms with E-state index in [1.54, 1.807) is 12.1 Å². The molecule has 0 fully saturated rings. The molecule has 4 nitrogen and oxygen atoms in total. The van der Waals surface area contributed by atoms with E-state index in [1.165, 1.54) is 0 Å². The Hall–Kier alpha value is -0.970. The summed E-state index contributed by atoms with van der Waals surface area (Å²) in [7, 11) is 0. The van der Waals surface area contributed by atoms with E-state index in [-0.39, 0.29) is 13.2 Å². The van der Waals surface area contributed by atoms with Crippen molar-refractivity contribution in [2.45, 2.75) is 19.4 Å². The maximum Gasteiger partial charge on any atom is 0.138 e. The number of hydrogen-bond acceptors (Lipinski definition) is 4. The van der Waals surface area contributed by atoms with Crippen LogP contribution < -0.4 is 10.1 Å². The van der Waals surface area contributed by atoms with E-state index in [1.807, 2.05) is 13.0 Å². The lowest BCUT2D eigenvalue weighted by Gasteiger charge is -2.12. The molecule has 0 radical (unpaired) electrons. The molecule has 0 aliphatic heterocycles. The highest BCUT2D eigenvalue weighted by Gasteiger charge is 2.05. The Morgan fingerprint density at radius 1 is 1.47 bits per heavy atom. The molecule has 0 spiro atoms. The summed E-state index contributed by atoms with van der Waals surface area (Å²) in [5.41, 5.74) is 0.784. The van der Waals surface area contributed by atoms with Gasteiger partial charge in [0.2, 0.25) is 0 Å². The molecule has 5 heteroatoms. The standard InChI is InChI=1S/C12H18ClNO3/c1-2-5-17-12-4-3-9(6-11(12)13)14-7-10(16)8-15/h3-4,6,10,14-16H,2,5,7-8H2,1H3. The fourth-order valence-electron chi connectivity index (χ4n) is 1.24. The fraction of sp³-hybridized carbons (Fsp3) is 0.500. The van der Waals surface area contributed by atoms with Crippen LogP contribution in [0.1, 0.15) is 13.3 Å². The van der Waals surface area contributed by atoms with Gasteiger partial charge in [-0.3, -0.25) is 0 Å². The lowest BCUT2D eigenvalue weighted by molar-refractivity contribution is 0.105. The Morgan fingerprint density at radius 2 is 2.24 bits per heavy atom. The van der Waals surface area contributed by atoms with Crippen LogP contribution in [0.3, 0.4) is 0 Å². The second-order valence-corrected chi connectivity index (χ2v) is 4.12. The van der Waals surface area contributed by atoms with E-state index in [4.69, 9.17) is 21.4 Å². The first-order chi connectivity index (χ1) is 8.17. The van der Waals surface area contributed by atoms with Crippen molar-refractivity contribution in [1.82, 2.24) is 0 Å². The molecule has 96 valence electrons. The predicted octanol–water partition coefficient (Wildman–Crippen LogP) is 1.89. The molecule has 0 heterocycles. The predicted molar refractivity (Wildman–Crippen MR) is 68.8 cm³/mol. The molecule has 0 bridgehead atoms. The number of halogens is 1. The van der Waals surface area contributed by atoms with E-state index in [9.17, 15) is 5.11 Å². The van der Waals surface area contributed by atoms with Gasteiger partial charge in [-0.05, 0) is 24.6 Å². The fourth-order valence-corrected chi connectivity index (χ4v) is 1.48. The van der Waals surface area contributed by atoms with E-state index >= 15 is 0 Å². The van der Waals surface area contributed by atoms with Gasteiger partial charge in [0.05, 0.1) is 24.3 Å². The first-order valence-corrected chi connectivity index (χ1v) is 6.00. The number of hydrogen-bond donors (Lipinski definition) is 3. The van der Waals surface area contributed by atoms with Crippen LogP contribution in [-0.4, -0.2) is 36.1 Å². The van der Waals surface area contributed by atoms with E-state index in [0.29, 0.717) is 17.4 Å². The Labute approximate surface area is 106 Å². The Kier molecular flexibility index (Phi) is 6.11. The van der Waals surface area contributed by atoms with Crippen LogP contribution >= 0.6 is 11.6 Å². The van der Waals surface area contributed by atoms with E-state index < -0.39 is 6.10 Å². The molecule has 1 aromatic rings. The number of rotatable bonds is 7. The molecule has 0 amide bonds. The number of nitrogens with one attached hydrogen (secondary N) is 1. The van der Waals surface area contributed by atoms with Gasteiger partial charge in [-0.15, -0.1) is 0 Å². The molecular formula is C12H18ClNO3. The van der Waals surface area contributed by atoms with Crippen LogP contribution in [0, 0.1) is 0 Å². The maximum atomic E-state index is 9.19. The first-order valence-electron chi connectivity index (χ1n) is 5.62. The maximum absolute atomic E-state index is 9.19. The van der Waals surface area contributed by atoms with Crippen molar-refractivity contribution >= 4 is 17.3 Å². The number of aliphatic hydroxyl groups is 2. The van der Waals surface area contributed by atoms with Gasteiger partial charge in [-0.1, -0.05) is 18.5 Å². The second-order valence-electron chi connectivity index (χ2n) is 3.71. The van der Waals surface area contributed by atoms with Crippen molar-refractivity contribution in [1.29, 1.82) is 0 Å². The van der Waals surface area contributed by atoms with Crippen LogP contribution in [0.4, 0.5) is 5.69 Å². The summed E-state index contributed by atoms with van der Waals surface area (Å²) >= 11 is 6.04. The topological polar surface area (TPSA) is 61.7 Å². The Bertz CT molecular complexity index is 347. The van der Waals surface area contributed by atoms with Crippen LogP contribution in [-0.2, 0) is 0 Å². The highest BCUT2D eigenvalue weighted by atomic mass is 35.5. The molecule has 0 saturated heterocycles. The zero-order valence-electron chi connectivity index (χ0n) is 9.82. The highest BCUT2D eigenvalue weighted by molar-refractivity contribution is 6.32. The summed E-state index contributed by atoms with van der Waals surface area (Å²) in [5.74, 6) is 0.654. The number of anilines is 1. The van der Waals surface area contributed by atoms with E-state index in [0.717, 1.165) is 12.1 Å². The van der Waals surface area contributed by atoms with Crippen LogP contribution in [0.2, 0.25) is 5.02 Å². The molecule has 0 aliphatic carbocycles. The summed E-state index contributed by atoms with van der Waals surface area (Å²) in [5, 5.41) is 21.4. The van der Waals surface area contributed by atoms with Crippen LogP contribution in [0.5, 0.6) is 5.75 Å². The summed E-state index contributed by atoms with van der Waals surface area (Å²) in [6, 6.07) is 5.34. The molecule has 0 aliphatic rings. The largest absolute Gasteiger partial charge is 0.492 e. The zero-order valence-corrected chi connectivity index (χ0v) is 10.6. The number of ether oxygens (including phenoxy) is 1. The summed E-state index contributed by atoms with van der Waals surface area (Å²) < 4.78 is 5.44. The van der Waals surface area contributed by atoms with Gasteiger partial charge in [-0.2, -0.15) is 0 Å². The van der Waals surface area contributed by atoms with Gasteiger partial charge in [0.1, 0.15) is 5.75 Å². The average Bonchev–Trinajstić information content (AvgIpc) is 2.34. The second kappa shape index (κ2) is 7.37. The summed E-state index contributed by atoms with van der Waals surface area (Å²) in [6.45, 7) is 2.68. The lowest BCUT2D eigenvalue weighted by atomic mass is 10.3. The zero-order chi connectivity index (χ0) is 12.7. The average molecular weight is 260 g/mol. The highest BCUT2D eigenvalue weighted by Crippen LogP contribution is 2.27. The third-order valence-electron chi connectivity index (χ3n) is 2.15. The smallest absolute Gasteiger partial charge is 0.138 e. The normalized spacial score (nSPS) is 12.2. The van der Waals surface area contributed by atoms with Gasteiger partial charge < -0.3 is 20.3 Å². The van der Waals surface area contributed by atoms with Gasteiger partial charge >= 0.3 is 0 Å². The van der Waals surface area contributed by atoms with Gasteiger partial charge in [-0.25, -0.2) is 0 Å². The summed E-state index contributed by atoms with van der Waals surface area (Å²) in [4.78, 5) is 0. The molecule has 0 saturated carbocycles. The SMILES string of the molecule is CCCOc1ccc(NCC(O)CO)cc1Cl. The number of aliphatic hydroxyl groups excluding tert-OH is 2. The summed E-state index contributed by atoms with van der Waals surface area (Å²) in [6.07, 6.45) is 0.156. The Balaban J connectivity index is 2.55. The van der Waals surface area contributed by atoms with Gasteiger partial charge in [0.25, 0.3) is 0 Å². The van der Waals surface area contributed by atoms with Crippen molar-refractivity contribution in [3.05, 3.63) is 23.2 Å². The van der Waals surface area contributed by atoms with Crippen molar-refractivity contribution in [3.8, 4) is 5.75 Å². The minimum absolute atomic E-state index is 0.265. The van der Waals surface area contributed by atoms with Gasteiger partial charge in [0, 0.05) is 12.2 Å². The van der Waals surface area contributed by atoms with Crippen molar-refractivity contribution in [3.63, 3.8) is 0 Å². The minimum Gasteiger partial charge on any atom is -0.492 e. The van der Waals surface area contributed by atoms with Crippen molar-refractivity contribution < 1.29 is 14.9 Å². The third-order valence-corrected chi connectivity index (χ3v) is 2.44. The lowest BCUT2D eigenvalue weighted by Crippen LogP contribution is -2.22.